The van der Waals surface area contributed by atoms with Gasteiger partial charge in [-0.2, -0.15) is 0 Å². The topological polar surface area (TPSA) is 63.8 Å². The molecule has 0 unspecified atom stereocenters. The average Bonchev–Trinajstić information content (AvgIpc) is 2.70. The number of rotatable bonds is 5. The van der Waals surface area contributed by atoms with Gasteiger partial charge in [-0.3, -0.25) is 4.57 Å². The number of H-pyrrole nitrogens is 1. The van der Waals surface area contributed by atoms with Gasteiger partial charge in [0.25, 0.3) is 0 Å². The normalized spacial score (nSPS) is 10.8. The molecule has 0 radical (unpaired) electrons. The molecular formula is C14H19N3O. The van der Waals surface area contributed by atoms with E-state index in [1.807, 2.05) is 19.1 Å². The van der Waals surface area contributed by atoms with Crippen molar-refractivity contribution in [2.24, 2.45) is 5.73 Å². The van der Waals surface area contributed by atoms with Crippen LogP contribution in [0, 0.1) is 6.92 Å². The Morgan fingerprint density at radius 1 is 1.33 bits per heavy atom. The average molecular weight is 245 g/mol. The second-order valence-corrected chi connectivity index (χ2v) is 4.49. The van der Waals surface area contributed by atoms with E-state index in [0.29, 0.717) is 0 Å². The number of benzene rings is 1. The standard InChI is InChI=1S/C14H19N3O/c1-11-10-16-14(18)17(11)13-7-4-6-12(9-13)5-2-3-8-15/h4,6-7,9-10H,2-3,5,8,15H2,1H3,(H,16,18). The van der Waals surface area contributed by atoms with E-state index in [0.717, 1.165) is 37.2 Å². The molecule has 0 bridgehead atoms. The summed E-state index contributed by atoms with van der Waals surface area (Å²) in [5.74, 6) is 0. The van der Waals surface area contributed by atoms with Gasteiger partial charge in [-0.1, -0.05) is 12.1 Å². The zero-order valence-electron chi connectivity index (χ0n) is 10.6. The molecule has 0 aliphatic heterocycles. The highest BCUT2D eigenvalue weighted by Gasteiger charge is 2.05. The van der Waals surface area contributed by atoms with Crippen molar-refractivity contribution in [1.82, 2.24) is 9.55 Å². The van der Waals surface area contributed by atoms with Crippen LogP contribution in [0.1, 0.15) is 24.1 Å². The number of imidazole rings is 1. The van der Waals surface area contributed by atoms with Gasteiger partial charge in [0.15, 0.2) is 0 Å². The second-order valence-electron chi connectivity index (χ2n) is 4.49. The molecule has 3 N–H and O–H groups in total. The largest absolute Gasteiger partial charge is 0.330 e. The highest BCUT2D eigenvalue weighted by Crippen LogP contribution is 2.12. The highest BCUT2D eigenvalue weighted by molar-refractivity contribution is 5.37. The maximum atomic E-state index is 11.7. The lowest BCUT2D eigenvalue weighted by molar-refractivity contribution is 0.744. The summed E-state index contributed by atoms with van der Waals surface area (Å²) in [6.45, 7) is 2.65. The molecule has 1 aromatic heterocycles. The van der Waals surface area contributed by atoms with Gasteiger partial charge in [0.2, 0.25) is 0 Å². The van der Waals surface area contributed by atoms with E-state index in [2.05, 4.69) is 17.1 Å². The number of nitrogens with zero attached hydrogens (tertiary/aromatic N) is 1. The first-order valence-corrected chi connectivity index (χ1v) is 6.29. The van der Waals surface area contributed by atoms with Crippen LogP contribution in [0.5, 0.6) is 0 Å². The van der Waals surface area contributed by atoms with Crippen molar-refractivity contribution in [3.8, 4) is 5.69 Å². The van der Waals surface area contributed by atoms with Crippen molar-refractivity contribution in [3.63, 3.8) is 0 Å². The fraction of sp³-hybridized carbons (Fsp3) is 0.357. The predicted molar refractivity (Wildman–Crippen MR) is 73.1 cm³/mol. The van der Waals surface area contributed by atoms with Gasteiger partial charge in [0, 0.05) is 11.9 Å². The van der Waals surface area contributed by atoms with Crippen LogP contribution in [0.3, 0.4) is 0 Å². The monoisotopic (exact) mass is 245 g/mol. The predicted octanol–water partition coefficient (Wildman–Crippen LogP) is 1.76. The molecule has 96 valence electrons. The molecule has 0 saturated heterocycles. The zero-order chi connectivity index (χ0) is 13.0. The van der Waals surface area contributed by atoms with Crippen LogP contribution < -0.4 is 11.4 Å². The fourth-order valence-corrected chi connectivity index (χ4v) is 2.10. The molecule has 2 aromatic rings. The van der Waals surface area contributed by atoms with Crippen LogP contribution in [0.25, 0.3) is 5.69 Å². The number of hydrogen-bond acceptors (Lipinski definition) is 2. The number of nitrogens with one attached hydrogen (secondary N) is 1. The third-order valence-corrected chi connectivity index (χ3v) is 3.05. The number of aromatic nitrogens is 2. The Labute approximate surface area is 106 Å². The minimum absolute atomic E-state index is 0.0911. The first kappa shape index (κ1) is 12.6. The fourth-order valence-electron chi connectivity index (χ4n) is 2.10. The molecule has 0 aliphatic carbocycles. The molecule has 18 heavy (non-hydrogen) atoms. The third kappa shape index (κ3) is 2.71. The van der Waals surface area contributed by atoms with Crippen LogP contribution >= 0.6 is 0 Å². The van der Waals surface area contributed by atoms with Gasteiger partial charge < -0.3 is 10.7 Å². The Bertz CT molecular complexity index is 568. The summed E-state index contributed by atoms with van der Waals surface area (Å²) >= 11 is 0. The van der Waals surface area contributed by atoms with Gasteiger partial charge in [0.05, 0.1) is 5.69 Å². The van der Waals surface area contributed by atoms with Gasteiger partial charge in [-0.25, -0.2) is 4.79 Å². The minimum atomic E-state index is -0.0911. The number of aryl methyl sites for hydroxylation is 2. The molecule has 0 spiro atoms. The highest BCUT2D eigenvalue weighted by atomic mass is 16.1. The Balaban J connectivity index is 2.25. The minimum Gasteiger partial charge on any atom is -0.330 e. The lowest BCUT2D eigenvalue weighted by Crippen LogP contribution is -2.15. The summed E-state index contributed by atoms with van der Waals surface area (Å²) in [6, 6.07) is 8.10. The van der Waals surface area contributed by atoms with Crippen LogP contribution in [0.15, 0.2) is 35.3 Å². The van der Waals surface area contributed by atoms with Gasteiger partial charge in [-0.05, 0) is 50.4 Å². The molecule has 1 aromatic carbocycles. The van der Waals surface area contributed by atoms with E-state index >= 15 is 0 Å². The maximum absolute atomic E-state index is 11.7. The van der Waals surface area contributed by atoms with Crippen LogP contribution in [0.2, 0.25) is 0 Å². The smallest absolute Gasteiger partial charge is 0.330 e. The summed E-state index contributed by atoms with van der Waals surface area (Å²) in [5, 5.41) is 0. The Morgan fingerprint density at radius 3 is 2.83 bits per heavy atom. The van der Waals surface area contributed by atoms with E-state index in [1.54, 1.807) is 10.8 Å². The summed E-state index contributed by atoms with van der Waals surface area (Å²) < 4.78 is 1.69. The number of unbranched alkanes of at least 4 members (excludes halogenated alkanes) is 1. The molecule has 0 saturated carbocycles. The molecular weight excluding hydrogens is 226 g/mol. The molecule has 2 rings (SSSR count). The van der Waals surface area contributed by atoms with Crippen molar-refractivity contribution in [1.29, 1.82) is 0 Å². The van der Waals surface area contributed by atoms with Gasteiger partial charge >= 0.3 is 5.69 Å². The van der Waals surface area contributed by atoms with Crippen LogP contribution in [-0.4, -0.2) is 16.1 Å². The van der Waals surface area contributed by atoms with E-state index in [-0.39, 0.29) is 5.69 Å². The lowest BCUT2D eigenvalue weighted by Gasteiger charge is -2.07. The van der Waals surface area contributed by atoms with Gasteiger partial charge in [-0.15, -0.1) is 0 Å². The van der Waals surface area contributed by atoms with E-state index in [1.165, 1.54) is 5.56 Å². The van der Waals surface area contributed by atoms with Crippen molar-refractivity contribution in [2.75, 3.05) is 6.54 Å². The SMILES string of the molecule is Cc1c[nH]c(=O)n1-c1cccc(CCCCN)c1. The number of aromatic amines is 1. The molecule has 4 heteroatoms. The maximum Gasteiger partial charge on any atom is 0.330 e. The van der Waals surface area contributed by atoms with Crippen molar-refractivity contribution in [3.05, 3.63) is 52.2 Å². The zero-order valence-corrected chi connectivity index (χ0v) is 10.6. The first-order valence-electron chi connectivity index (χ1n) is 6.29. The number of hydrogen-bond donors (Lipinski definition) is 2. The second kappa shape index (κ2) is 5.69. The third-order valence-electron chi connectivity index (χ3n) is 3.05. The van der Waals surface area contributed by atoms with Crippen LogP contribution in [0.4, 0.5) is 0 Å². The molecule has 0 amide bonds. The molecule has 0 fully saturated rings. The molecule has 0 aliphatic rings. The first-order chi connectivity index (χ1) is 8.72. The molecule has 4 nitrogen and oxygen atoms in total. The van der Waals surface area contributed by atoms with Crippen LogP contribution in [-0.2, 0) is 6.42 Å². The summed E-state index contributed by atoms with van der Waals surface area (Å²) in [5.41, 5.74) is 8.48. The Hall–Kier alpha value is -1.81. The molecule has 1 heterocycles. The van der Waals surface area contributed by atoms with E-state index in [4.69, 9.17) is 5.73 Å². The van der Waals surface area contributed by atoms with Crippen molar-refractivity contribution < 1.29 is 0 Å². The van der Waals surface area contributed by atoms with Gasteiger partial charge in [0.1, 0.15) is 0 Å². The van der Waals surface area contributed by atoms with Crippen molar-refractivity contribution >= 4 is 0 Å². The van der Waals surface area contributed by atoms with E-state index in [9.17, 15) is 4.79 Å². The lowest BCUT2D eigenvalue weighted by atomic mass is 10.1. The molecule has 0 atom stereocenters. The Kier molecular flexibility index (Phi) is 3.99. The Morgan fingerprint density at radius 2 is 2.17 bits per heavy atom. The van der Waals surface area contributed by atoms with E-state index < -0.39 is 0 Å². The van der Waals surface area contributed by atoms with Crippen molar-refractivity contribution in [2.45, 2.75) is 26.2 Å². The summed E-state index contributed by atoms with van der Waals surface area (Å²) in [4.78, 5) is 14.4. The summed E-state index contributed by atoms with van der Waals surface area (Å²) in [7, 11) is 0. The summed E-state index contributed by atoms with van der Waals surface area (Å²) in [6.07, 6.45) is 4.85. The number of nitrogens with two attached hydrogens (primary N) is 1. The quantitative estimate of drug-likeness (QED) is 0.788.